The molecule has 0 atom stereocenters. The van der Waals surface area contributed by atoms with Gasteiger partial charge in [-0.1, -0.05) is 0 Å². The fourth-order valence-corrected chi connectivity index (χ4v) is 1.72. The summed E-state index contributed by atoms with van der Waals surface area (Å²) in [6.07, 6.45) is 5.80. The lowest BCUT2D eigenvalue weighted by atomic mass is 10.3. The highest BCUT2D eigenvalue weighted by Gasteiger charge is 2.21. The number of hydrogen-bond acceptors (Lipinski definition) is 3. The molecular formula is C13H24N2O2. The summed E-state index contributed by atoms with van der Waals surface area (Å²) in [4.78, 5) is 13.5. The molecule has 0 spiro atoms. The molecule has 1 amide bonds. The first kappa shape index (κ1) is 12.8. The van der Waals surface area contributed by atoms with E-state index in [4.69, 9.17) is 4.74 Å². The van der Waals surface area contributed by atoms with Crippen LogP contribution in [0.15, 0.2) is 0 Å². The van der Waals surface area contributed by atoms with Crippen molar-refractivity contribution in [1.82, 2.24) is 10.2 Å². The Morgan fingerprint density at radius 2 is 2.12 bits per heavy atom. The molecule has 0 aromatic carbocycles. The van der Waals surface area contributed by atoms with Crippen LogP contribution in [-0.4, -0.2) is 50.2 Å². The highest BCUT2D eigenvalue weighted by Crippen LogP contribution is 2.28. The molecule has 0 unspecified atom stereocenters. The van der Waals surface area contributed by atoms with Gasteiger partial charge < -0.3 is 15.0 Å². The maximum Gasteiger partial charge on any atom is 0.223 e. The van der Waals surface area contributed by atoms with Gasteiger partial charge in [0.2, 0.25) is 5.91 Å². The summed E-state index contributed by atoms with van der Waals surface area (Å²) in [5.41, 5.74) is 0. The Balaban J connectivity index is 1.44. The second-order valence-electron chi connectivity index (χ2n) is 5.31. The summed E-state index contributed by atoms with van der Waals surface area (Å²) in [6.45, 7) is 3.09. The van der Waals surface area contributed by atoms with Gasteiger partial charge >= 0.3 is 0 Å². The van der Waals surface area contributed by atoms with Gasteiger partial charge in [-0.3, -0.25) is 4.79 Å². The predicted octanol–water partition coefficient (Wildman–Crippen LogP) is 1.01. The number of ether oxygens (including phenoxy) is 1. The summed E-state index contributed by atoms with van der Waals surface area (Å²) in [5.74, 6) is 1.02. The first-order valence-electron chi connectivity index (χ1n) is 6.81. The van der Waals surface area contributed by atoms with Crippen LogP contribution in [0, 0.1) is 5.92 Å². The van der Waals surface area contributed by atoms with E-state index in [9.17, 15) is 4.79 Å². The van der Waals surface area contributed by atoms with Crippen LogP contribution in [0.2, 0.25) is 0 Å². The third-order valence-corrected chi connectivity index (χ3v) is 3.40. The summed E-state index contributed by atoms with van der Waals surface area (Å²) in [5, 5.41) is 3.35. The van der Waals surface area contributed by atoms with E-state index in [2.05, 4.69) is 5.32 Å². The molecule has 0 aliphatic heterocycles. The molecule has 2 saturated carbocycles. The first-order chi connectivity index (χ1) is 8.25. The molecule has 2 aliphatic rings. The van der Waals surface area contributed by atoms with Gasteiger partial charge in [-0.25, -0.2) is 0 Å². The number of rotatable bonds is 9. The minimum absolute atomic E-state index is 0.216. The van der Waals surface area contributed by atoms with E-state index in [0.717, 1.165) is 25.6 Å². The van der Waals surface area contributed by atoms with Crippen LogP contribution in [0.4, 0.5) is 0 Å². The van der Waals surface area contributed by atoms with Crippen molar-refractivity contribution in [2.24, 2.45) is 5.92 Å². The van der Waals surface area contributed by atoms with Gasteiger partial charge in [0.15, 0.2) is 0 Å². The number of nitrogens with zero attached hydrogens (tertiary/aromatic N) is 1. The zero-order chi connectivity index (χ0) is 12.1. The van der Waals surface area contributed by atoms with E-state index in [0.29, 0.717) is 19.1 Å². The zero-order valence-corrected chi connectivity index (χ0v) is 10.8. The normalized spacial score (nSPS) is 19.4. The molecule has 0 radical (unpaired) electrons. The van der Waals surface area contributed by atoms with E-state index < -0.39 is 0 Å². The molecular weight excluding hydrogens is 216 g/mol. The summed E-state index contributed by atoms with van der Waals surface area (Å²) >= 11 is 0. The Bertz CT molecular complexity index is 250. The molecule has 0 heterocycles. The van der Waals surface area contributed by atoms with Crippen molar-refractivity contribution in [3.05, 3.63) is 0 Å². The van der Waals surface area contributed by atoms with E-state index in [1.807, 2.05) is 7.05 Å². The molecule has 98 valence electrons. The standard InChI is InChI=1S/C13H24N2O2/c1-15(8-9-17-10-11-2-3-11)13(16)6-7-14-12-4-5-12/h11-12,14H,2-10H2,1H3. The third-order valence-electron chi connectivity index (χ3n) is 3.40. The molecule has 17 heavy (non-hydrogen) atoms. The molecule has 4 heteroatoms. The number of likely N-dealkylation sites (N-methyl/N-ethyl adjacent to an activating group) is 1. The maximum atomic E-state index is 11.7. The lowest BCUT2D eigenvalue weighted by Crippen LogP contribution is -2.33. The number of carbonyl (C=O) groups excluding carboxylic acids is 1. The van der Waals surface area contributed by atoms with E-state index in [1.165, 1.54) is 25.7 Å². The Morgan fingerprint density at radius 3 is 2.76 bits per heavy atom. The van der Waals surface area contributed by atoms with E-state index in [-0.39, 0.29) is 5.91 Å². The molecule has 2 fully saturated rings. The van der Waals surface area contributed by atoms with Crippen LogP contribution < -0.4 is 5.32 Å². The van der Waals surface area contributed by atoms with Crippen LogP contribution in [0.25, 0.3) is 0 Å². The van der Waals surface area contributed by atoms with Gasteiger partial charge in [-0.05, 0) is 31.6 Å². The molecule has 0 aromatic heterocycles. The minimum Gasteiger partial charge on any atom is -0.379 e. The summed E-state index contributed by atoms with van der Waals surface area (Å²) in [6, 6.07) is 0.690. The van der Waals surface area contributed by atoms with Crippen molar-refractivity contribution in [1.29, 1.82) is 0 Å². The first-order valence-corrected chi connectivity index (χ1v) is 6.81. The highest BCUT2D eigenvalue weighted by atomic mass is 16.5. The maximum absolute atomic E-state index is 11.7. The van der Waals surface area contributed by atoms with Crippen molar-refractivity contribution in [3.63, 3.8) is 0 Å². The number of hydrogen-bond donors (Lipinski definition) is 1. The fourth-order valence-electron chi connectivity index (χ4n) is 1.72. The van der Waals surface area contributed by atoms with Gasteiger partial charge in [0.1, 0.15) is 0 Å². The van der Waals surface area contributed by atoms with Gasteiger partial charge in [0.05, 0.1) is 6.61 Å². The minimum atomic E-state index is 0.216. The zero-order valence-electron chi connectivity index (χ0n) is 10.8. The Hall–Kier alpha value is -0.610. The molecule has 4 nitrogen and oxygen atoms in total. The topological polar surface area (TPSA) is 41.6 Å². The van der Waals surface area contributed by atoms with Crippen LogP contribution >= 0.6 is 0 Å². The van der Waals surface area contributed by atoms with Crippen molar-refractivity contribution in [3.8, 4) is 0 Å². The molecule has 2 rings (SSSR count). The van der Waals surface area contributed by atoms with Gasteiger partial charge in [-0.15, -0.1) is 0 Å². The van der Waals surface area contributed by atoms with Crippen molar-refractivity contribution in [2.75, 3.05) is 33.4 Å². The Labute approximate surface area is 104 Å². The monoisotopic (exact) mass is 240 g/mol. The van der Waals surface area contributed by atoms with E-state index >= 15 is 0 Å². The quantitative estimate of drug-likeness (QED) is 0.612. The fraction of sp³-hybridized carbons (Fsp3) is 0.923. The van der Waals surface area contributed by atoms with Crippen LogP contribution in [0.3, 0.4) is 0 Å². The average molecular weight is 240 g/mol. The molecule has 0 aromatic rings. The van der Waals surface area contributed by atoms with Crippen LogP contribution in [0.1, 0.15) is 32.1 Å². The van der Waals surface area contributed by atoms with Crippen molar-refractivity contribution < 1.29 is 9.53 Å². The number of carbonyl (C=O) groups is 1. The smallest absolute Gasteiger partial charge is 0.223 e. The third kappa shape index (κ3) is 5.50. The number of nitrogens with one attached hydrogen (secondary N) is 1. The average Bonchev–Trinajstić information content (AvgIpc) is 3.16. The van der Waals surface area contributed by atoms with Gasteiger partial charge in [-0.2, -0.15) is 0 Å². The van der Waals surface area contributed by atoms with Crippen molar-refractivity contribution >= 4 is 5.91 Å². The van der Waals surface area contributed by atoms with Gasteiger partial charge in [0.25, 0.3) is 0 Å². The second-order valence-corrected chi connectivity index (χ2v) is 5.31. The molecule has 1 N–H and O–H groups in total. The molecule has 0 bridgehead atoms. The number of amides is 1. The largest absolute Gasteiger partial charge is 0.379 e. The highest BCUT2D eigenvalue weighted by molar-refractivity contribution is 5.76. The van der Waals surface area contributed by atoms with Crippen molar-refractivity contribution in [2.45, 2.75) is 38.1 Å². The lowest BCUT2D eigenvalue weighted by Gasteiger charge is -2.17. The Morgan fingerprint density at radius 1 is 1.35 bits per heavy atom. The molecule has 0 saturated heterocycles. The predicted molar refractivity (Wildman–Crippen MR) is 66.8 cm³/mol. The second kappa shape index (κ2) is 6.36. The van der Waals surface area contributed by atoms with Crippen LogP contribution in [0.5, 0.6) is 0 Å². The van der Waals surface area contributed by atoms with E-state index in [1.54, 1.807) is 4.90 Å². The summed E-state index contributed by atoms with van der Waals surface area (Å²) < 4.78 is 5.52. The Kier molecular flexibility index (Phi) is 4.80. The SMILES string of the molecule is CN(CCOCC1CC1)C(=O)CCNC1CC1. The molecule has 2 aliphatic carbocycles. The van der Waals surface area contributed by atoms with Gasteiger partial charge in [0, 0.05) is 39.2 Å². The lowest BCUT2D eigenvalue weighted by molar-refractivity contribution is -0.130. The van der Waals surface area contributed by atoms with Crippen LogP contribution in [-0.2, 0) is 9.53 Å². The summed E-state index contributed by atoms with van der Waals surface area (Å²) in [7, 11) is 1.86.